The molecule has 0 aromatic carbocycles. The summed E-state index contributed by atoms with van der Waals surface area (Å²) in [6.07, 6.45) is 8.83. The number of amides is 1. The van der Waals surface area contributed by atoms with Gasteiger partial charge in [0, 0.05) is 24.6 Å². The first-order chi connectivity index (χ1) is 8.95. The lowest BCUT2D eigenvalue weighted by Gasteiger charge is -2.51. The number of carbonyl (C=O) groups is 1. The van der Waals surface area contributed by atoms with Gasteiger partial charge in [-0.3, -0.25) is 4.79 Å². The Morgan fingerprint density at radius 1 is 1.26 bits per heavy atom. The summed E-state index contributed by atoms with van der Waals surface area (Å²) in [6, 6.07) is 0. The van der Waals surface area contributed by atoms with Crippen molar-refractivity contribution in [3.63, 3.8) is 0 Å². The third kappa shape index (κ3) is 1.72. The first kappa shape index (κ1) is 13.0. The summed E-state index contributed by atoms with van der Waals surface area (Å²) in [5.41, 5.74) is 2.99. The van der Waals surface area contributed by atoms with Gasteiger partial charge in [0.2, 0.25) is 5.91 Å². The van der Waals surface area contributed by atoms with Gasteiger partial charge >= 0.3 is 0 Å². The molecular formula is C17H25NO. The predicted molar refractivity (Wildman–Crippen MR) is 77.3 cm³/mol. The van der Waals surface area contributed by atoms with Gasteiger partial charge < -0.3 is 4.90 Å². The van der Waals surface area contributed by atoms with Crippen molar-refractivity contribution >= 4 is 5.91 Å². The number of nitrogens with zero attached hydrogens (tertiary/aromatic N) is 1. The first-order valence-corrected chi connectivity index (χ1v) is 7.63. The molecule has 2 unspecified atom stereocenters. The molecule has 1 heterocycles. The number of piperidine rings is 1. The summed E-state index contributed by atoms with van der Waals surface area (Å²) in [7, 11) is 1.95. The molecular weight excluding hydrogens is 234 g/mol. The number of likely N-dealkylation sites (tertiary alicyclic amines) is 1. The van der Waals surface area contributed by atoms with E-state index in [0.717, 1.165) is 24.7 Å². The minimum Gasteiger partial charge on any atom is -0.319 e. The normalized spacial score (nSPS) is 42.2. The zero-order valence-electron chi connectivity index (χ0n) is 12.6. The Morgan fingerprint density at radius 3 is 2.74 bits per heavy atom. The number of fused-ring (bicyclic) bond motifs is 3. The van der Waals surface area contributed by atoms with Crippen molar-refractivity contribution in [2.45, 2.75) is 46.5 Å². The topological polar surface area (TPSA) is 20.3 Å². The predicted octanol–water partition coefficient (Wildman–Crippen LogP) is 3.75. The molecule has 3 rings (SSSR count). The molecule has 1 fully saturated rings. The molecule has 0 spiro atoms. The molecule has 19 heavy (non-hydrogen) atoms. The van der Waals surface area contributed by atoms with Crippen molar-refractivity contribution in [3.8, 4) is 0 Å². The Morgan fingerprint density at radius 2 is 2.00 bits per heavy atom. The zero-order valence-corrected chi connectivity index (χ0v) is 12.6. The van der Waals surface area contributed by atoms with E-state index in [0.29, 0.717) is 12.3 Å². The molecule has 0 aromatic heterocycles. The fourth-order valence-electron chi connectivity index (χ4n) is 4.38. The van der Waals surface area contributed by atoms with Crippen LogP contribution in [0.4, 0.5) is 0 Å². The molecule has 1 saturated heterocycles. The average Bonchev–Trinajstić information content (AvgIpc) is 2.39. The molecule has 3 aliphatic rings. The van der Waals surface area contributed by atoms with E-state index in [-0.39, 0.29) is 11.3 Å². The van der Waals surface area contributed by atoms with E-state index in [1.54, 1.807) is 5.57 Å². The smallest absolute Gasteiger partial charge is 0.226 e. The summed E-state index contributed by atoms with van der Waals surface area (Å²) < 4.78 is 0. The van der Waals surface area contributed by atoms with Crippen LogP contribution in [-0.2, 0) is 4.79 Å². The van der Waals surface area contributed by atoms with Crippen LogP contribution in [0.1, 0.15) is 46.5 Å². The summed E-state index contributed by atoms with van der Waals surface area (Å²) in [5.74, 6) is 2.52. The summed E-state index contributed by atoms with van der Waals surface area (Å²) in [4.78, 5) is 13.8. The van der Waals surface area contributed by atoms with Gasteiger partial charge in [0.05, 0.1) is 0 Å². The molecule has 0 N–H and O–H groups in total. The van der Waals surface area contributed by atoms with Crippen LogP contribution in [0, 0.1) is 23.2 Å². The summed E-state index contributed by atoms with van der Waals surface area (Å²) >= 11 is 0. The van der Waals surface area contributed by atoms with Crippen LogP contribution < -0.4 is 0 Å². The number of hydrogen-bond donors (Lipinski definition) is 0. The van der Waals surface area contributed by atoms with Crippen LogP contribution in [0.15, 0.2) is 23.4 Å². The molecule has 104 valence electrons. The van der Waals surface area contributed by atoms with Crippen LogP contribution in [0.5, 0.6) is 0 Å². The second kappa shape index (κ2) is 4.22. The number of hydrogen-bond acceptors (Lipinski definition) is 1. The molecule has 0 radical (unpaired) electrons. The summed E-state index contributed by atoms with van der Waals surface area (Å²) in [6.45, 7) is 7.13. The summed E-state index contributed by atoms with van der Waals surface area (Å²) in [5, 5.41) is 0. The van der Waals surface area contributed by atoms with Gasteiger partial charge in [-0.15, -0.1) is 0 Å². The van der Waals surface area contributed by atoms with Crippen LogP contribution in [0.25, 0.3) is 0 Å². The molecule has 0 saturated carbocycles. The van der Waals surface area contributed by atoms with Crippen LogP contribution in [-0.4, -0.2) is 17.9 Å². The fourth-order valence-corrected chi connectivity index (χ4v) is 4.38. The van der Waals surface area contributed by atoms with E-state index < -0.39 is 0 Å². The molecule has 0 aromatic rings. The lowest BCUT2D eigenvalue weighted by molar-refractivity contribution is -0.131. The highest BCUT2D eigenvalue weighted by molar-refractivity contribution is 5.80. The van der Waals surface area contributed by atoms with Gasteiger partial charge in [-0.05, 0) is 37.0 Å². The quantitative estimate of drug-likeness (QED) is 0.607. The Labute approximate surface area is 116 Å². The molecule has 2 aliphatic carbocycles. The second-order valence-corrected chi connectivity index (χ2v) is 6.95. The molecule has 1 amide bonds. The van der Waals surface area contributed by atoms with Crippen LogP contribution in [0.2, 0.25) is 0 Å². The van der Waals surface area contributed by atoms with Gasteiger partial charge in [-0.25, -0.2) is 0 Å². The van der Waals surface area contributed by atoms with Crippen molar-refractivity contribution < 1.29 is 4.79 Å². The highest BCUT2D eigenvalue weighted by Crippen LogP contribution is 2.55. The van der Waals surface area contributed by atoms with Gasteiger partial charge in [-0.2, -0.15) is 0 Å². The number of rotatable bonds is 0. The molecule has 1 aliphatic heterocycles. The van der Waals surface area contributed by atoms with Crippen molar-refractivity contribution in [1.82, 2.24) is 4.90 Å². The molecule has 2 heteroatoms. The standard InChI is InChI=1S/C17H25NO/c1-11-5-7-14-13(12(11)2)6-8-15-17(14,3)10-9-16(19)18(15)4/h7-8,11-13H,5-6,9-10H2,1-4H3/t11?,12?,13-,17+/m0/s1. The highest BCUT2D eigenvalue weighted by atomic mass is 16.2. The van der Waals surface area contributed by atoms with Crippen molar-refractivity contribution in [3.05, 3.63) is 23.4 Å². The Balaban J connectivity index is 2.04. The van der Waals surface area contributed by atoms with Gasteiger partial charge in [-0.1, -0.05) is 38.5 Å². The van der Waals surface area contributed by atoms with Crippen LogP contribution in [0.3, 0.4) is 0 Å². The lowest BCUT2D eigenvalue weighted by atomic mass is 9.58. The van der Waals surface area contributed by atoms with E-state index in [1.165, 1.54) is 12.1 Å². The van der Waals surface area contributed by atoms with E-state index in [4.69, 9.17) is 0 Å². The fraction of sp³-hybridized carbons (Fsp3) is 0.706. The zero-order chi connectivity index (χ0) is 13.8. The highest BCUT2D eigenvalue weighted by Gasteiger charge is 2.47. The maximum Gasteiger partial charge on any atom is 0.226 e. The Kier molecular flexibility index (Phi) is 2.88. The number of allylic oxidation sites excluding steroid dienone is 3. The van der Waals surface area contributed by atoms with Gasteiger partial charge in [0.25, 0.3) is 0 Å². The Bertz CT molecular complexity index is 476. The minimum atomic E-state index is 0.111. The third-order valence-corrected chi connectivity index (χ3v) is 5.98. The van der Waals surface area contributed by atoms with Crippen molar-refractivity contribution in [1.29, 1.82) is 0 Å². The van der Waals surface area contributed by atoms with E-state index in [9.17, 15) is 4.79 Å². The van der Waals surface area contributed by atoms with E-state index in [2.05, 4.69) is 32.9 Å². The minimum absolute atomic E-state index is 0.111. The molecule has 0 bridgehead atoms. The van der Waals surface area contributed by atoms with E-state index >= 15 is 0 Å². The third-order valence-electron chi connectivity index (χ3n) is 5.98. The van der Waals surface area contributed by atoms with Gasteiger partial charge in [0.15, 0.2) is 0 Å². The first-order valence-electron chi connectivity index (χ1n) is 7.63. The van der Waals surface area contributed by atoms with Crippen molar-refractivity contribution in [2.75, 3.05) is 7.05 Å². The number of carbonyl (C=O) groups excluding carboxylic acids is 1. The monoisotopic (exact) mass is 259 g/mol. The molecule has 4 atom stereocenters. The molecule has 2 nitrogen and oxygen atoms in total. The SMILES string of the molecule is CC1CC=C2[C@@H](CC=C3N(C)C(=O)CC[C@]23C)C1C. The van der Waals surface area contributed by atoms with Crippen LogP contribution >= 0.6 is 0 Å². The Hall–Kier alpha value is -1.05. The maximum atomic E-state index is 11.9. The average molecular weight is 259 g/mol. The van der Waals surface area contributed by atoms with E-state index in [1.807, 2.05) is 11.9 Å². The largest absolute Gasteiger partial charge is 0.319 e. The maximum absolute atomic E-state index is 11.9. The van der Waals surface area contributed by atoms with Crippen molar-refractivity contribution in [2.24, 2.45) is 23.2 Å². The lowest BCUT2D eigenvalue weighted by Crippen LogP contribution is -2.46. The van der Waals surface area contributed by atoms with Gasteiger partial charge in [0.1, 0.15) is 0 Å². The second-order valence-electron chi connectivity index (χ2n) is 6.95.